The second-order valence-corrected chi connectivity index (χ2v) is 15.0. The van der Waals surface area contributed by atoms with Crippen LogP contribution in [0.25, 0.3) is 70.9 Å². The van der Waals surface area contributed by atoms with Crippen LogP contribution in [0, 0.1) is 0 Å². The molecule has 11 rings (SSSR count). The first-order valence-electron chi connectivity index (χ1n) is 18.5. The van der Waals surface area contributed by atoms with Gasteiger partial charge in [0, 0.05) is 33.2 Å². The molecule has 1 aliphatic rings. The van der Waals surface area contributed by atoms with Crippen LogP contribution in [0.2, 0.25) is 0 Å². The summed E-state index contributed by atoms with van der Waals surface area (Å²) in [6, 6.07) is 67.1. The van der Waals surface area contributed by atoms with Crippen LogP contribution >= 0.6 is 0 Å². The summed E-state index contributed by atoms with van der Waals surface area (Å²) in [4.78, 5) is 2.43. The maximum atomic E-state index is 2.49. The van der Waals surface area contributed by atoms with E-state index in [9.17, 15) is 0 Å². The highest BCUT2D eigenvalue weighted by Gasteiger charge is 2.35. The summed E-state index contributed by atoms with van der Waals surface area (Å²) in [5.41, 5.74) is 12.4. The van der Waals surface area contributed by atoms with Gasteiger partial charge in [-0.15, -0.1) is 0 Å². The molecule has 1 heterocycles. The molecule has 0 unspecified atom stereocenters. The molecule has 0 aliphatic heterocycles. The van der Waals surface area contributed by atoms with Crippen LogP contribution in [0.15, 0.2) is 182 Å². The van der Waals surface area contributed by atoms with Crippen LogP contribution < -0.4 is 4.90 Å². The standard InChI is InChI=1S/C51H36N2/c1-51(2)45-21-11-9-18-40(45)44-31-35-27-25-33-24-26-34-30-38(28-29-39(34)49(33)43(35)32-46(44)51)52(36-14-5-3-6-15-36)48-23-13-20-42-41-19-10-12-22-47(41)53(50(42)48)37-16-7-4-8-17-37/h3-32H,1-2H3. The summed E-state index contributed by atoms with van der Waals surface area (Å²) in [6.07, 6.45) is 0. The minimum Gasteiger partial charge on any atom is -0.308 e. The van der Waals surface area contributed by atoms with E-state index in [-0.39, 0.29) is 5.41 Å². The first kappa shape index (κ1) is 30.0. The maximum absolute atomic E-state index is 2.49. The minimum absolute atomic E-state index is 0.0561. The molecule has 0 saturated carbocycles. The monoisotopic (exact) mass is 676 g/mol. The van der Waals surface area contributed by atoms with Crippen molar-refractivity contribution in [2.45, 2.75) is 19.3 Å². The second kappa shape index (κ2) is 11.2. The molecule has 1 aromatic heterocycles. The van der Waals surface area contributed by atoms with Gasteiger partial charge >= 0.3 is 0 Å². The Hall–Kier alpha value is -6.64. The highest BCUT2D eigenvalue weighted by atomic mass is 15.2. The lowest BCUT2D eigenvalue weighted by atomic mass is 9.81. The van der Waals surface area contributed by atoms with E-state index in [0.29, 0.717) is 0 Å². The van der Waals surface area contributed by atoms with Crippen LogP contribution in [-0.2, 0) is 5.41 Å². The van der Waals surface area contributed by atoms with Crippen LogP contribution in [-0.4, -0.2) is 4.57 Å². The van der Waals surface area contributed by atoms with Crippen LogP contribution in [0.3, 0.4) is 0 Å². The maximum Gasteiger partial charge on any atom is 0.0782 e. The van der Waals surface area contributed by atoms with E-state index in [4.69, 9.17) is 0 Å². The Kier molecular flexibility index (Phi) is 6.33. The Morgan fingerprint density at radius 2 is 1.11 bits per heavy atom. The van der Waals surface area contributed by atoms with E-state index in [2.05, 4.69) is 205 Å². The zero-order valence-electron chi connectivity index (χ0n) is 29.7. The molecule has 0 atom stereocenters. The van der Waals surface area contributed by atoms with E-state index in [1.807, 2.05) is 0 Å². The van der Waals surface area contributed by atoms with Gasteiger partial charge in [0.2, 0.25) is 0 Å². The Morgan fingerprint density at radius 3 is 1.94 bits per heavy atom. The Morgan fingerprint density at radius 1 is 0.434 bits per heavy atom. The highest BCUT2D eigenvalue weighted by molar-refractivity contribution is 6.22. The molecule has 0 fully saturated rings. The first-order chi connectivity index (χ1) is 26.1. The lowest BCUT2D eigenvalue weighted by Gasteiger charge is -2.27. The molecule has 0 radical (unpaired) electrons. The molecule has 53 heavy (non-hydrogen) atoms. The fourth-order valence-electron chi connectivity index (χ4n) is 9.24. The molecule has 2 heteroatoms. The number of hydrogen-bond acceptors (Lipinski definition) is 1. The van der Waals surface area contributed by atoms with Gasteiger partial charge in [0.15, 0.2) is 0 Å². The van der Waals surface area contributed by atoms with Crippen LogP contribution in [0.4, 0.5) is 17.1 Å². The van der Waals surface area contributed by atoms with Crippen molar-refractivity contribution in [3.63, 3.8) is 0 Å². The zero-order chi connectivity index (χ0) is 35.3. The largest absolute Gasteiger partial charge is 0.308 e. The predicted octanol–water partition coefficient (Wildman–Crippen LogP) is 14.0. The normalized spacial score (nSPS) is 13.2. The van der Waals surface area contributed by atoms with Gasteiger partial charge in [0.05, 0.1) is 16.7 Å². The summed E-state index contributed by atoms with van der Waals surface area (Å²) >= 11 is 0. The molecule has 9 aromatic carbocycles. The van der Waals surface area contributed by atoms with E-state index in [0.717, 1.165) is 22.7 Å². The molecular formula is C51H36N2. The third kappa shape index (κ3) is 4.33. The molecule has 0 spiro atoms. The lowest BCUT2D eigenvalue weighted by molar-refractivity contribution is 0.661. The van der Waals surface area contributed by atoms with Crippen molar-refractivity contribution in [1.82, 2.24) is 4.57 Å². The van der Waals surface area contributed by atoms with Gasteiger partial charge in [-0.05, 0) is 115 Å². The fourth-order valence-corrected chi connectivity index (χ4v) is 9.24. The number of para-hydroxylation sites is 4. The van der Waals surface area contributed by atoms with Gasteiger partial charge in [-0.3, -0.25) is 0 Å². The third-order valence-electron chi connectivity index (χ3n) is 11.7. The summed E-state index contributed by atoms with van der Waals surface area (Å²) in [5.74, 6) is 0. The number of rotatable bonds is 4. The summed E-state index contributed by atoms with van der Waals surface area (Å²) in [7, 11) is 0. The van der Waals surface area contributed by atoms with Gasteiger partial charge in [-0.25, -0.2) is 0 Å². The van der Waals surface area contributed by atoms with Gasteiger partial charge in [-0.1, -0.05) is 135 Å². The van der Waals surface area contributed by atoms with E-state index in [1.54, 1.807) is 0 Å². The van der Waals surface area contributed by atoms with Crippen molar-refractivity contribution in [2.24, 2.45) is 0 Å². The van der Waals surface area contributed by atoms with Crippen LogP contribution in [0.1, 0.15) is 25.0 Å². The summed E-state index contributed by atoms with van der Waals surface area (Å²) in [5, 5.41) is 10.2. The predicted molar refractivity (Wildman–Crippen MR) is 226 cm³/mol. The highest BCUT2D eigenvalue weighted by Crippen LogP contribution is 2.51. The molecule has 0 saturated heterocycles. The average Bonchev–Trinajstić information content (AvgIpc) is 3.66. The third-order valence-corrected chi connectivity index (χ3v) is 11.7. The quantitative estimate of drug-likeness (QED) is 0.168. The number of fused-ring (bicyclic) bond motifs is 11. The smallest absolute Gasteiger partial charge is 0.0782 e. The molecule has 0 amide bonds. The molecular weight excluding hydrogens is 641 g/mol. The van der Waals surface area contributed by atoms with Crippen LogP contribution in [0.5, 0.6) is 0 Å². The minimum atomic E-state index is -0.0561. The van der Waals surface area contributed by atoms with E-state index in [1.165, 1.54) is 76.4 Å². The Labute approximate surface area is 308 Å². The van der Waals surface area contributed by atoms with Gasteiger partial charge in [0.25, 0.3) is 0 Å². The number of nitrogens with zero attached hydrogens (tertiary/aromatic N) is 2. The summed E-state index contributed by atoms with van der Waals surface area (Å²) in [6.45, 7) is 4.74. The van der Waals surface area contributed by atoms with Crippen molar-refractivity contribution < 1.29 is 0 Å². The van der Waals surface area contributed by atoms with Crippen molar-refractivity contribution >= 4 is 71.2 Å². The SMILES string of the molecule is CC1(C)c2ccccc2-c2cc3ccc4ccc5cc(N(c6ccccc6)c6cccc7c8ccccc8n(-c8ccccc8)c67)ccc5c4c3cc21. The first-order valence-corrected chi connectivity index (χ1v) is 18.5. The van der Waals surface area contributed by atoms with Gasteiger partial charge in [0.1, 0.15) is 0 Å². The average molecular weight is 677 g/mol. The number of hydrogen-bond donors (Lipinski definition) is 0. The number of anilines is 3. The Bertz CT molecular complexity index is 3080. The number of aromatic nitrogens is 1. The second-order valence-electron chi connectivity index (χ2n) is 15.0. The zero-order valence-corrected chi connectivity index (χ0v) is 29.7. The van der Waals surface area contributed by atoms with Crippen molar-refractivity contribution in [2.75, 3.05) is 4.90 Å². The van der Waals surface area contributed by atoms with Crippen molar-refractivity contribution in [3.8, 4) is 16.8 Å². The molecule has 0 bridgehead atoms. The van der Waals surface area contributed by atoms with Crippen molar-refractivity contribution in [3.05, 3.63) is 193 Å². The van der Waals surface area contributed by atoms with Gasteiger partial charge < -0.3 is 9.47 Å². The molecule has 1 aliphatic carbocycles. The van der Waals surface area contributed by atoms with Crippen molar-refractivity contribution in [1.29, 1.82) is 0 Å². The molecule has 250 valence electrons. The van der Waals surface area contributed by atoms with E-state index >= 15 is 0 Å². The van der Waals surface area contributed by atoms with Gasteiger partial charge in [-0.2, -0.15) is 0 Å². The Balaban J connectivity index is 1.16. The molecule has 0 N–H and O–H groups in total. The number of benzene rings is 9. The summed E-state index contributed by atoms with van der Waals surface area (Å²) < 4.78 is 2.43. The lowest BCUT2D eigenvalue weighted by Crippen LogP contribution is -2.14. The fraction of sp³-hybridized carbons (Fsp3) is 0.0588. The molecule has 10 aromatic rings. The van der Waals surface area contributed by atoms with E-state index < -0.39 is 0 Å². The topological polar surface area (TPSA) is 8.17 Å². The molecule has 2 nitrogen and oxygen atoms in total.